The maximum atomic E-state index is 12.3. The fourth-order valence-electron chi connectivity index (χ4n) is 1.64. The molecule has 0 aliphatic carbocycles. The van der Waals surface area contributed by atoms with Gasteiger partial charge in [0.2, 0.25) is 5.78 Å². The fourth-order valence-corrected chi connectivity index (χ4v) is 2.12. The van der Waals surface area contributed by atoms with Crippen LogP contribution in [0.5, 0.6) is 0 Å². The van der Waals surface area contributed by atoms with Crippen LogP contribution in [0.1, 0.15) is 23.0 Å². The Morgan fingerprint density at radius 2 is 2.29 bits per heavy atom. The van der Waals surface area contributed by atoms with Crippen LogP contribution in [0.3, 0.4) is 0 Å². The first-order valence-electron chi connectivity index (χ1n) is 5.25. The summed E-state index contributed by atoms with van der Waals surface area (Å²) in [6.45, 7) is 2.59. The third-order valence-electron chi connectivity index (χ3n) is 2.46. The average molecular weight is 294 g/mol. The molecule has 2 rings (SSSR count). The lowest BCUT2D eigenvalue weighted by atomic mass is 10.1. The van der Waals surface area contributed by atoms with Crippen molar-refractivity contribution in [1.82, 2.24) is 9.78 Å². The molecule has 4 nitrogen and oxygen atoms in total. The van der Waals surface area contributed by atoms with Crippen molar-refractivity contribution in [3.05, 3.63) is 46.2 Å². The third kappa shape index (κ3) is 2.24. The Balaban J connectivity index is 2.47. The van der Waals surface area contributed by atoms with Gasteiger partial charge in [-0.05, 0) is 35.0 Å². The summed E-state index contributed by atoms with van der Waals surface area (Å²) in [5.74, 6) is -0.0801. The molecule has 1 aromatic carbocycles. The Bertz CT molecular complexity index is 563. The summed E-state index contributed by atoms with van der Waals surface area (Å²) in [4.78, 5) is 12.3. The molecular weight excluding hydrogens is 282 g/mol. The van der Waals surface area contributed by atoms with Gasteiger partial charge in [0.15, 0.2) is 0 Å². The molecule has 0 spiro atoms. The summed E-state index contributed by atoms with van der Waals surface area (Å²) >= 11 is 3.34. The number of hydrogen-bond acceptors (Lipinski definition) is 3. The smallest absolute Gasteiger partial charge is 0.212 e. The van der Waals surface area contributed by atoms with E-state index < -0.39 is 0 Å². The fraction of sp³-hybridized carbons (Fsp3) is 0.167. The highest BCUT2D eigenvalue weighted by Gasteiger charge is 2.18. The lowest BCUT2D eigenvalue weighted by molar-refractivity contribution is 0.102. The minimum Gasteiger partial charge on any atom is -0.399 e. The van der Waals surface area contributed by atoms with Gasteiger partial charge >= 0.3 is 0 Å². The van der Waals surface area contributed by atoms with Gasteiger partial charge in [-0.15, -0.1) is 0 Å². The van der Waals surface area contributed by atoms with Crippen molar-refractivity contribution in [2.24, 2.45) is 0 Å². The summed E-state index contributed by atoms with van der Waals surface area (Å²) in [5, 5.41) is 4.12. The van der Waals surface area contributed by atoms with Crippen molar-refractivity contribution in [3.8, 4) is 0 Å². The summed E-state index contributed by atoms with van der Waals surface area (Å²) < 4.78 is 2.36. The second kappa shape index (κ2) is 4.71. The molecule has 0 unspecified atom stereocenters. The number of hydrogen-bond donors (Lipinski definition) is 1. The zero-order valence-corrected chi connectivity index (χ0v) is 10.9. The van der Waals surface area contributed by atoms with Crippen LogP contribution in [-0.4, -0.2) is 15.6 Å². The molecule has 0 amide bonds. The zero-order valence-electron chi connectivity index (χ0n) is 9.35. The van der Waals surface area contributed by atoms with E-state index in [1.807, 2.05) is 6.92 Å². The number of carbonyl (C=O) groups excluding carboxylic acids is 1. The number of benzene rings is 1. The second-order valence-corrected chi connectivity index (χ2v) is 4.47. The standard InChI is InChI=1S/C12H12BrN3O/c1-2-16-11(10(13)7-15-16)12(17)8-4-3-5-9(14)6-8/h3-7H,2,14H2,1H3. The Hall–Kier alpha value is -1.62. The predicted octanol–water partition coefficient (Wildman–Crippen LogP) is 2.48. The molecule has 2 N–H and O–H groups in total. The molecule has 0 atom stereocenters. The minimum absolute atomic E-state index is 0.0801. The van der Waals surface area contributed by atoms with Gasteiger partial charge in [-0.1, -0.05) is 12.1 Å². The number of nitrogen functional groups attached to an aromatic ring is 1. The van der Waals surface area contributed by atoms with Crippen LogP contribution in [0.4, 0.5) is 5.69 Å². The molecule has 88 valence electrons. The van der Waals surface area contributed by atoms with E-state index in [-0.39, 0.29) is 5.78 Å². The van der Waals surface area contributed by atoms with Crippen molar-refractivity contribution in [2.45, 2.75) is 13.5 Å². The molecule has 0 saturated carbocycles. The van der Waals surface area contributed by atoms with Gasteiger partial charge in [-0.25, -0.2) is 0 Å². The van der Waals surface area contributed by atoms with Crippen LogP contribution >= 0.6 is 15.9 Å². The number of halogens is 1. The lowest BCUT2D eigenvalue weighted by Gasteiger charge is -2.05. The normalized spacial score (nSPS) is 10.5. The molecule has 2 aromatic rings. The molecule has 5 heteroatoms. The van der Waals surface area contributed by atoms with Crippen LogP contribution in [0.25, 0.3) is 0 Å². The Kier molecular flexibility index (Phi) is 3.28. The largest absolute Gasteiger partial charge is 0.399 e. The molecule has 0 bridgehead atoms. The predicted molar refractivity (Wildman–Crippen MR) is 69.9 cm³/mol. The highest BCUT2D eigenvalue weighted by Crippen LogP contribution is 2.20. The van der Waals surface area contributed by atoms with Gasteiger partial charge in [-0.3, -0.25) is 9.48 Å². The molecule has 1 heterocycles. The summed E-state index contributed by atoms with van der Waals surface area (Å²) in [7, 11) is 0. The number of nitrogens with zero attached hydrogens (tertiary/aromatic N) is 2. The van der Waals surface area contributed by atoms with E-state index in [0.717, 1.165) is 0 Å². The third-order valence-corrected chi connectivity index (χ3v) is 3.04. The molecule has 0 radical (unpaired) electrons. The maximum Gasteiger partial charge on any atom is 0.212 e. The van der Waals surface area contributed by atoms with Crippen LogP contribution in [0, 0.1) is 0 Å². The number of aryl methyl sites for hydroxylation is 1. The number of nitrogens with two attached hydrogens (primary N) is 1. The van der Waals surface area contributed by atoms with E-state index in [4.69, 9.17) is 5.73 Å². The first kappa shape index (κ1) is 11.9. The quantitative estimate of drug-likeness (QED) is 0.699. The van der Waals surface area contributed by atoms with Crippen LogP contribution in [0.15, 0.2) is 34.9 Å². The van der Waals surface area contributed by atoms with E-state index in [1.165, 1.54) is 0 Å². The number of carbonyl (C=O) groups is 1. The van der Waals surface area contributed by atoms with Gasteiger partial charge < -0.3 is 5.73 Å². The van der Waals surface area contributed by atoms with Gasteiger partial charge in [-0.2, -0.15) is 5.10 Å². The van der Waals surface area contributed by atoms with Crippen LogP contribution in [-0.2, 0) is 6.54 Å². The molecule has 1 aromatic heterocycles. The van der Waals surface area contributed by atoms with Gasteiger partial charge in [0, 0.05) is 17.8 Å². The summed E-state index contributed by atoms with van der Waals surface area (Å²) in [6.07, 6.45) is 1.63. The average Bonchev–Trinajstić information content (AvgIpc) is 2.69. The Morgan fingerprint density at radius 1 is 1.53 bits per heavy atom. The summed E-state index contributed by atoms with van der Waals surface area (Å²) in [6, 6.07) is 6.94. The lowest BCUT2D eigenvalue weighted by Crippen LogP contribution is -2.11. The highest BCUT2D eigenvalue weighted by atomic mass is 79.9. The van der Waals surface area contributed by atoms with E-state index in [0.29, 0.717) is 28.0 Å². The number of anilines is 1. The Labute approximate surface area is 108 Å². The first-order valence-corrected chi connectivity index (χ1v) is 6.04. The topological polar surface area (TPSA) is 60.9 Å². The molecule has 0 saturated heterocycles. The first-order chi connectivity index (χ1) is 8.13. The second-order valence-electron chi connectivity index (χ2n) is 3.61. The van der Waals surface area contributed by atoms with Crippen molar-refractivity contribution in [3.63, 3.8) is 0 Å². The minimum atomic E-state index is -0.0801. The van der Waals surface area contributed by atoms with Gasteiger partial charge in [0.25, 0.3) is 0 Å². The molecular formula is C12H12BrN3O. The number of rotatable bonds is 3. The molecule has 17 heavy (non-hydrogen) atoms. The van der Waals surface area contributed by atoms with Gasteiger partial charge in [0.1, 0.15) is 5.69 Å². The van der Waals surface area contributed by atoms with Crippen molar-refractivity contribution in [2.75, 3.05) is 5.73 Å². The van der Waals surface area contributed by atoms with Gasteiger partial charge in [0.05, 0.1) is 10.7 Å². The molecule has 0 aliphatic rings. The number of aromatic nitrogens is 2. The molecule has 0 aliphatic heterocycles. The monoisotopic (exact) mass is 293 g/mol. The van der Waals surface area contributed by atoms with E-state index >= 15 is 0 Å². The van der Waals surface area contributed by atoms with Crippen molar-refractivity contribution < 1.29 is 4.79 Å². The summed E-state index contributed by atoms with van der Waals surface area (Å²) in [5.41, 5.74) is 7.37. The Morgan fingerprint density at radius 3 is 2.94 bits per heavy atom. The SMILES string of the molecule is CCn1ncc(Br)c1C(=O)c1cccc(N)c1. The van der Waals surface area contributed by atoms with E-state index in [9.17, 15) is 4.79 Å². The highest BCUT2D eigenvalue weighted by molar-refractivity contribution is 9.10. The maximum absolute atomic E-state index is 12.3. The van der Waals surface area contributed by atoms with Crippen LogP contribution < -0.4 is 5.73 Å². The van der Waals surface area contributed by atoms with Crippen molar-refractivity contribution >= 4 is 27.4 Å². The van der Waals surface area contributed by atoms with E-state index in [2.05, 4.69) is 21.0 Å². The van der Waals surface area contributed by atoms with Crippen LogP contribution in [0.2, 0.25) is 0 Å². The molecule has 0 fully saturated rings. The zero-order chi connectivity index (χ0) is 12.4. The van der Waals surface area contributed by atoms with E-state index in [1.54, 1.807) is 35.1 Å². The number of ketones is 1. The van der Waals surface area contributed by atoms with Crippen molar-refractivity contribution in [1.29, 1.82) is 0 Å².